The number of rotatable bonds is 3. The zero-order valence-corrected chi connectivity index (χ0v) is 24.2. The van der Waals surface area contributed by atoms with Crippen LogP contribution < -0.4 is 5.73 Å². The first-order chi connectivity index (χ1) is 17.4. The molecule has 10 heteroatoms. The van der Waals surface area contributed by atoms with Gasteiger partial charge in [0.1, 0.15) is 17.1 Å². The number of phenolic OH excluding ortho intramolecular Hbond substituents is 2. The predicted molar refractivity (Wildman–Crippen MR) is 131 cm³/mol. The molecule has 2 aliphatic carbocycles. The Morgan fingerprint density at radius 2 is 1.82 bits per heavy atom. The fourth-order valence-electron chi connectivity index (χ4n) is 5.69. The number of carbonyl (C=O) groups excluding carboxylic acids is 3. The summed E-state index contributed by atoms with van der Waals surface area (Å²) in [5.41, 5.74) is 4.49. The topological polar surface area (TPSA) is 156 Å². The third kappa shape index (κ3) is 4.24. The van der Waals surface area contributed by atoms with Crippen LogP contribution in [-0.4, -0.2) is 56.7 Å². The van der Waals surface area contributed by atoms with Crippen LogP contribution >= 0.6 is 0 Å². The molecule has 1 fully saturated rings. The van der Waals surface area contributed by atoms with E-state index in [4.69, 9.17) is 15.2 Å². The zero-order valence-electron chi connectivity index (χ0n) is 21.5. The van der Waals surface area contributed by atoms with Gasteiger partial charge >= 0.3 is 0 Å². The summed E-state index contributed by atoms with van der Waals surface area (Å²) in [6, 6.07) is 4.50. The first kappa shape index (κ1) is 28.6. The Hall–Kier alpha value is -2.45. The van der Waals surface area contributed by atoms with Crippen molar-refractivity contribution in [3.63, 3.8) is 0 Å². The largest absolute Gasteiger partial charge is 0.507 e. The van der Waals surface area contributed by atoms with E-state index in [1.165, 1.54) is 13.0 Å². The number of hydrogen-bond donors (Lipinski definition) is 4. The number of ketones is 3. The molecule has 1 aliphatic heterocycles. The molecule has 5 N–H and O–H groups in total. The number of fused-ring (bicyclic) bond motifs is 3. The number of carbonyl (C=O) groups is 3. The average Bonchev–Trinajstić information content (AvgIpc) is 2.82. The van der Waals surface area contributed by atoms with Gasteiger partial charge in [0, 0.05) is 55.5 Å². The van der Waals surface area contributed by atoms with E-state index >= 15 is 0 Å². The molecule has 1 heterocycles. The van der Waals surface area contributed by atoms with E-state index in [2.05, 4.69) is 0 Å². The second-order valence-corrected chi connectivity index (χ2v) is 10.4. The summed E-state index contributed by atoms with van der Waals surface area (Å²) in [7, 11) is 0. The van der Waals surface area contributed by atoms with Crippen LogP contribution in [0.15, 0.2) is 18.2 Å². The molecule has 1 radical (unpaired) electrons. The van der Waals surface area contributed by atoms with Gasteiger partial charge in [-0.05, 0) is 25.8 Å². The van der Waals surface area contributed by atoms with E-state index < -0.39 is 46.8 Å². The molecule has 203 valence electrons. The summed E-state index contributed by atoms with van der Waals surface area (Å²) < 4.78 is 12.1. The van der Waals surface area contributed by atoms with Gasteiger partial charge in [-0.1, -0.05) is 31.2 Å². The van der Waals surface area contributed by atoms with Crippen molar-refractivity contribution in [2.75, 3.05) is 0 Å². The van der Waals surface area contributed by atoms with Crippen LogP contribution in [0.1, 0.15) is 88.3 Å². The van der Waals surface area contributed by atoms with E-state index in [1.807, 2.05) is 13.8 Å². The van der Waals surface area contributed by atoms with Crippen molar-refractivity contribution in [3.05, 3.63) is 63.1 Å². The number of hydrogen-bond acceptors (Lipinski definition) is 9. The van der Waals surface area contributed by atoms with Gasteiger partial charge in [-0.3, -0.25) is 20.3 Å². The van der Waals surface area contributed by atoms with Crippen LogP contribution in [0, 0.1) is 12.8 Å². The van der Waals surface area contributed by atoms with Crippen molar-refractivity contribution >= 4 is 17.3 Å². The van der Waals surface area contributed by atoms with Crippen LogP contribution in [0.4, 0.5) is 0 Å². The van der Waals surface area contributed by atoms with Gasteiger partial charge in [0.05, 0.1) is 17.2 Å². The summed E-state index contributed by atoms with van der Waals surface area (Å²) in [4.78, 5) is 39.5. The molecule has 5 rings (SSSR count). The minimum Gasteiger partial charge on any atom is -0.507 e. The third-order valence-corrected chi connectivity index (χ3v) is 8.10. The molecule has 0 saturated carbocycles. The standard InChI is InChI=1S/C28H30NO8.Re/c1-11-6-5-7-15-20(11)26(33)23-22(24(15)31)25(32)16-9-28(35,14(4)30)10-18(21(16)27(23)34)37-19-8-17(29)12(2)13(3)36-19;/h5-7,13,17-19,32,34-35H,8-10,29H2,1-4H3;/q-1;/t13?,17?,18-,19?,28-;/m0./s1. The smallest absolute Gasteiger partial charge is 0.198 e. The number of benzene rings is 2. The van der Waals surface area contributed by atoms with Gasteiger partial charge in [0.25, 0.3) is 0 Å². The number of ether oxygens (including phenoxy) is 2. The Morgan fingerprint density at radius 3 is 2.45 bits per heavy atom. The molecule has 9 nitrogen and oxygen atoms in total. The SMILES string of the molecule is CC(=O)[C@]1(O)Cc2c(O)c3c(c(O)c2[C@@H](OC2CC(N)[C-](C)C(C)O2)C1)C(=O)c1c(C)cccc1C3=O.[Re]. The van der Waals surface area contributed by atoms with Crippen molar-refractivity contribution in [1.29, 1.82) is 0 Å². The number of Topliss-reactive ketones (excluding diaryl/α,β-unsaturated/α-hetero) is 1. The molecular weight excluding hydrogens is 665 g/mol. The minimum atomic E-state index is -1.93. The van der Waals surface area contributed by atoms with Crippen LogP contribution in [0.5, 0.6) is 11.5 Å². The molecule has 1 saturated heterocycles. The van der Waals surface area contributed by atoms with Crippen LogP contribution in [-0.2, 0) is 41.1 Å². The van der Waals surface area contributed by atoms with Crippen LogP contribution in [0.3, 0.4) is 0 Å². The first-order valence-corrected chi connectivity index (χ1v) is 12.3. The molecule has 3 aliphatic rings. The predicted octanol–water partition coefficient (Wildman–Crippen LogP) is 2.56. The van der Waals surface area contributed by atoms with Gasteiger partial charge in [-0.2, -0.15) is 6.92 Å². The molecule has 2 aromatic carbocycles. The number of aliphatic hydroxyl groups is 1. The maximum Gasteiger partial charge on any atom is 0.198 e. The number of phenols is 2. The Kier molecular flexibility index (Phi) is 7.47. The molecule has 0 bridgehead atoms. The van der Waals surface area contributed by atoms with Gasteiger partial charge < -0.3 is 30.5 Å². The van der Waals surface area contributed by atoms with Crippen molar-refractivity contribution in [1.82, 2.24) is 0 Å². The summed E-state index contributed by atoms with van der Waals surface area (Å²) in [5.74, 6) is -1.91. The molecule has 0 spiro atoms. The second-order valence-electron chi connectivity index (χ2n) is 10.4. The van der Waals surface area contributed by atoms with Crippen molar-refractivity contribution < 1.29 is 59.6 Å². The Balaban J connectivity index is 0.00000336. The van der Waals surface area contributed by atoms with E-state index in [0.29, 0.717) is 12.0 Å². The summed E-state index contributed by atoms with van der Waals surface area (Å²) >= 11 is 0. The van der Waals surface area contributed by atoms with E-state index in [1.54, 1.807) is 19.1 Å². The maximum atomic E-state index is 13.6. The quantitative estimate of drug-likeness (QED) is 0.239. The van der Waals surface area contributed by atoms with Crippen LogP contribution in [0.25, 0.3) is 0 Å². The molecule has 0 aromatic heterocycles. The number of nitrogens with two attached hydrogens (primary N) is 1. The van der Waals surface area contributed by atoms with Crippen molar-refractivity contribution in [2.45, 2.75) is 77.1 Å². The molecule has 38 heavy (non-hydrogen) atoms. The first-order valence-electron chi connectivity index (χ1n) is 12.3. The van der Waals surface area contributed by atoms with Gasteiger partial charge in [-0.25, -0.2) is 0 Å². The average molecular weight is 695 g/mol. The van der Waals surface area contributed by atoms with Gasteiger partial charge in [0.15, 0.2) is 23.6 Å². The molecule has 2 aromatic rings. The molecule has 0 amide bonds. The normalized spacial score (nSPS) is 28.7. The van der Waals surface area contributed by atoms with Crippen molar-refractivity contribution in [3.8, 4) is 11.5 Å². The Bertz CT molecular complexity index is 1350. The molecule has 5 atom stereocenters. The Labute approximate surface area is 234 Å². The number of aromatic hydroxyl groups is 2. The summed E-state index contributed by atoms with van der Waals surface area (Å²) in [5, 5.41) is 34.0. The summed E-state index contributed by atoms with van der Waals surface area (Å²) in [6.07, 6.45) is -2.59. The molecule has 3 unspecified atom stereocenters. The van der Waals surface area contributed by atoms with Crippen molar-refractivity contribution in [2.24, 2.45) is 5.73 Å². The minimum absolute atomic E-state index is 0. The number of aryl methyl sites for hydroxylation is 1. The third-order valence-electron chi connectivity index (χ3n) is 8.10. The maximum absolute atomic E-state index is 13.6. The van der Waals surface area contributed by atoms with E-state index in [-0.39, 0.29) is 78.8 Å². The van der Waals surface area contributed by atoms with E-state index in [9.17, 15) is 29.7 Å². The summed E-state index contributed by atoms with van der Waals surface area (Å²) in [6.45, 7) is 6.62. The molecular formula is C28H30NO8Re-. The fourth-order valence-corrected chi connectivity index (χ4v) is 5.69. The fraction of sp³-hybridized carbons (Fsp3) is 0.429. The van der Waals surface area contributed by atoms with Gasteiger partial charge in [0.2, 0.25) is 0 Å². The van der Waals surface area contributed by atoms with E-state index in [0.717, 1.165) is 5.92 Å². The van der Waals surface area contributed by atoms with Gasteiger partial charge in [-0.15, -0.1) is 6.04 Å². The van der Waals surface area contributed by atoms with Crippen LogP contribution in [0.2, 0.25) is 0 Å². The second kappa shape index (κ2) is 9.94. The monoisotopic (exact) mass is 695 g/mol. The zero-order chi connectivity index (χ0) is 27.0. The Morgan fingerprint density at radius 1 is 1.16 bits per heavy atom.